The second-order valence-corrected chi connectivity index (χ2v) is 8.08. The number of anilines is 1. The second kappa shape index (κ2) is 6.81. The number of aromatic amines is 1. The van der Waals surface area contributed by atoms with Crippen LogP contribution >= 0.6 is 0 Å². The van der Waals surface area contributed by atoms with Gasteiger partial charge in [-0.2, -0.15) is 10.1 Å². The van der Waals surface area contributed by atoms with Gasteiger partial charge in [-0.3, -0.25) is 9.78 Å². The fraction of sp³-hybridized carbons (Fsp3) is 0.450. The Bertz CT molecular complexity index is 1010. The summed E-state index contributed by atoms with van der Waals surface area (Å²) in [4.78, 5) is 21.6. The molecule has 0 aliphatic carbocycles. The number of hydrogen-bond acceptors (Lipinski definition) is 5. The SMILES string of the molecule is C[C@H](c1ccc(C(C)(C)C)cc1)n1nc(CO)c2c(=O)[nH]c(N(C)C)nc21. The molecule has 0 saturated carbocycles. The summed E-state index contributed by atoms with van der Waals surface area (Å²) in [7, 11) is 3.62. The molecule has 1 atom stereocenters. The molecule has 7 heteroatoms. The predicted molar refractivity (Wildman–Crippen MR) is 107 cm³/mol. The summed E-state index contributed by atoms with van der Waals surface area (Å²) in [5.74, 6) is 0.452. The van der Waals surface area contributed by atoms with Crippen LogP contribution in [0.2, 0.25) is 0 Å². The normalized spacial score (nSPS) is 13.1. The van der Waals surface area contributed by atoms with Crippen LogP contribution in [0.5, 0.6) is 0 Å². The van der Waals surface area contributed by atoms with Gasteiger partial charge in [0.1, 0.15) is 11.1 Å². The molecule has 0 unspecified atom stereocenters. The third-order valence-electron chi connectivity index (χ3n) is 4.82. The highest BCUT2D eigenvalue weighted by Crippen LogP contribution is 2.27. The highest BCUT2D eigenvalue weighted by atomic mass is 16.3. The van der Waals surface area contributed by atoms with Crippen LogP contribution in [0, 0.1) is 0 Å². The molecule has 2 aromatic heterocycles. The number of benzene rings is 1. The van der Waals surface area contributed by atoms with Crippen LogP contribution in [-0.4, -0.2) is 39.0 Å². The first-order valence-electron chi connectivity index (χ1n) is 9.03. The quantitative estimate of drug-likeness (QED) is 0.738. The van der Waals surface area contributed by atoms with E-state index in [-0.39, 0.29) is 23.6 Å². The summed E-state index contributed by atoms with van der Waals surface area (Å²) in [5.41, 5.74) is 2.91. The first kappa shape index (κ1) is 19.1. The summed E-state index contributed by atoms with van der Waals surface area (Å²) < 4.78 is 1.72. The molecule has 3 aromatic rings. The van der Waals surface area contributed by atoms with Crippen LogP contribution in [0.1, 0.15) is 50.6 Å². The maximum atomic E-state index is 12.5. The molecule has 0 aliphatic rings. The molecule has 27 heavy (non-hydrogen) atoms. The summed E-state index contributed by atoms with van der Waals surface area (Å²) >= 11 is 0. The van der Waals surface area contributed by atoms with Crippen molar-refractivity contribution in [2.45, 2.75) is 45.8 Å². The maximum absolute atomic E-state index is 12.5. The zero-order valence-electron chi connectivity index (χ0n) is 16.7. The zero-order chi connectivity index (χ0) is 19.9. The van der Waals surface area contributed by atoms with E-state index in [2.05, 4.69) is 60.1 Å². The van der Waals surface area contributed by atoms with Gasteiger partial charge in [0.2, 0.25) is 5.95 Å². The highest BCUT2D eigenvalue weighted by molar-refractivity contribution is 5.78. The van der Waals surface area contributed by atoms with Gasteiger partial charge in [-0.1, -0.05) is 45.0 Å². The van der Waals surface area contributed by atoms with E-state index in [1.807, 2.05) is 21.0 Å². The lowest BCUT2D eigenvalue weighted by molar-refractivity contribution is 0.276. The molecule has 0 amide bonds. The van der Waals surface area contributed by atoms with Gasteiger partial charge in [-0.25, -0.2) is 4.68 Å². The molecule has 0 fully saturated rings. The lowest BCUT2D eigenvalue weighted by atomic mass is 9.86. The van der Waals surface area contributed by atoms with E-state index in [0.29, 0.717) is 22.7 Å². The van der Waals surface area contributed by atoms with Crippen molar-refractivity contribution >= 4 is 17.0 Å². The summed E-state index contributed by atoms with van der Waals surface area (Å²) in [6.45, 7) is 8.24. The van der Waals surface area contributed by atoms with Gasteiger partial charge in [-0.15, -0.1) is 0 Å². The number of nitrogens with one attached hydrogen (secondary N) is 1. The minimum Gasteiger partial charge on any atom is -0.390 e. The van der Waals surface area contributed by atoms with Crippen LogP contribution in [0.25, 0.3) is 11.0 Å². The van der Waals surface area contributed by atoms with Crippen LogP contribution in [0.3, 0.4) is 0 Å². The third-order valence-corrected chi connectivity index (χ3v) is 4.82. The van der Waals surface area contributed by atoms with Crippen molar-refractivity contribution in [3.05, 3.63) is 51.4 Å². The molecule has 0 aliphatic heterocycles. The lowest BCUT2D eigenvalue weighted by Gasteiger charge is -2.20. The van der Waals surface area contributed by atoms with Crippen LogP contribution < -0.4 is 10.5 Å². The average molecular weight is 369 g/mol. The Balaban J connectivity index is 2.14. The number of aromatic nitrogens is 4. The van der Waals surface area contributed by atoms with E-state index in [1.165, 1.54) is 5.56 Å². The summed E-state index contributed by atoms with van der Waals surface area (Å²) in [6, 6.07) is 8.27. The largest absolute Gasteiger partial charge is 0.390 e. The highest BCUT2D eigenvalue weighted by Gasteiger charge is 2.21. The van der Waals surface area contributed by atoms with Gasteiger partial charge in [0.15, 0.2) is 5.65 Å². The molecule has 3 rings (SSSR count). The molecule has 0 bridgehead atoms. The zero-order valence-corrected chi connectivity index (χ0v) is 16.7. The summed E-state index contributed by atoms with van der Waals surface area (Å²) in [6.07, 6.45) is 0. The molecular formula is C20H27N5O2. The topological polar surface area (TPSA) is 87.0 Å². The number of fused-ring (bicyclic) bond motifs is 1. The Morgan fingerprint density at radius 3 is 2.37 bits per heavy atom. The Morgan fingerprint density at radius 1 is 1.22 bits per heavy atom. The Kier molecular flexibility index (Phi) is 4.82. The third kappa shape index (κ3) is 3.47. The Hall–Kier alpha value is -2.67. The summed E-state index contributed by atoms with van der Waals surface area (Å²) in [5, 5.41) is 14.5. The van der Waals surface area contributed by atoms with E-state index in [1.54, 1.807) is 9.58 Å². The predicted octanol–water partition coefficient (Wildman–Crippen LogP) is 2.58. The van der Waals surface area contributed by atoms with Crippen LogP contribution in [-0.2, 0) is 12.0 Å². The van der Waals surface area contributed by atoms with Crippen molar-refractivity contribution in [2.24, 2.45) is 0 Å². The van der Waals surface area contributed by atoms with Crippen molar-refractivity contribution in [3.8, 4) is 0 Å². The van der Waals surface area contributed by atoms with Crippen LogP contribution in [0.4, 0.5) is 5.95 Å². The number of aliphatic hydroxyl groups is 1. The minimum atomic E-state index is -0.314. The van der Waals surface area contributed by atoms with Crippen molar-refractivity contribution in [2.75, 3.05) is 19.0 Å². The van der Waals surface area contributed by atoms with Crippen molar-refractivity contribution in [1.82, 2.24) is 19.7 Å². The molecule has 2 heterocycles. The second-order valence-electron chi connectivity index (χ2n) is 8.08. The lowest BCUT2D eigenvalue weighted by Crippen LogP contribution is -2.20. The smallest absolute Gasteiger partial charge is 0.263 e. The van der Waals surface area contributed by atoms with Gasteiger partial charge in [0.25, 0.3) is 5.56 Å². The van der Waals surface area contributed by atoms with Gasteiger partial charge in [-0.05, 0) is 23.5 Å². The number of rotatable bonds is 4. The van der Waals surface area contributed by atoms with E-state index in [0.717, 1.165) is 5.56 Å². The van der Waals surface area contributed by atoms with Crippen LogP contribution in [0.15, 0.2) is 29.1 Å². The van der Waals surface area contributed by atoms with Crippen molar-refractivity contribution in [1.29, 1.82) is 0 Å². The molecule has 0 spiro atoms. The van der Waals surface area contributed by atoms with Gasteiger partial charge < -0.3 is 10.0 Å². The standard InChI is InChI=1S/C20H27N5O2/c1-12(13-7-9-14(10-8-13)20(2,3)4)25-17-16(15(11-26)23-25)18(27)22-19(21-17)24(5)6/h7-10,12,26H,11H2,1-6H3,(H,21,22,27)/t12-/m1/s1. The maximum Gasteiger partial charge on any atom is 0.263 e. The number of hydrogen-bond donors (Lipinski definition) is 2. The van der Waals surface area contributed by atoms with E-state index >= 15 is 0 Å². The molecule has 1 aromatic carbocycles. The van der Waals surface area contributed by atoms with Crippen molar-refractivity contribution in [3.63, 3.8) is 0 Å². The van der Waals surface area contributed by atoms with Crippen molar-refractivity contribution < 1.29 is 5.11 Å². The van der Waals surface area contributed by atoms with Gasteiger partial charge >= 0.3 is 0 Å². The molecule has 0 radical (unpaired) electrons. The minimum absolute atomic E-state index is 0.0830. The Labute approximate surface area is 158 Å². The molecular weight excluding hydrogens is 342 g/mol. The first-order chi connectivity index (χ1) is 12.6. The molecule has 7 nitrogen and oxygen atoms in total. The fourth-order valence-corrected chi connectivity index (χ4v) is 3.10. The van der Waals surface area contributed by atoms with Gasteiger partial charge in [0.05, 0.1) is 12.6 Å². The number of nitrogens with zero attached hydrogens (tertiary/aromatic N) is 4. The monoisotopic (exact) mass is 369 g/mol. The average Bonchev–Trinajstić information content (AvgIpc) is 2.99. The first-order valence-corrected chi connectivity index (χ1v) is 9.03. The van der Waals surface area contributed by atoms with E-state index in [9.17, 15) is 9.90 Å². The molecule has 144 valence electrons. The fourth-order valence-electron chi connectivity index (χ4n) is 3.10. The molecule has 0 saturated heterocycles. The molecule has 2 N–H and O–H groups in total. The number of aliphatic hydroxyl groups excluding tert-OH is 1. The number of H-pyrrole nitrogens is 1. The van der Waals surface area contributed by atoms with Gasteiger partial charge in [0, 0.05) is 14.1 Å². The van der Waals surface area contributed by atoms with E-state index < -0.39 is 0 Å². The Morgan fingerprint density at radius 2 is 1.85 bits per heavy atom. The van der Waals surface area contributed by atoms with E-state index in [4.69, 9.17) is 0 Å².